The first-order valence-corrected chi connectivity index (χ1v) is 10.3. The average Bonchev–Trinajstić information content (AvgIpc) is 3.17. The first-order valence-electron chi connectivity index (χ1n) is 9.03. The summed E-state index contributed by atoms with van der Waals surface area (Å²) in [4.78, 5) is 26.7. The van der Waals surface area contributed by atoms with Crippen molar-refractivity contribution in [1.29, 1.82) is 0 Å². The van der Waals surface area contributed by atoms with E-state index in [9.17, 15) is 14.7 Å². The maximum atomic E-state index is 13.1. The van der Waals surface area contributed by atoms with E-state index in [4.69, 9.17) is 12.2 Å². The molecule has 1 N–H and O–H groups in total. The molecule has 3 aromatic rings. The van der Waals surface area contributed by atoms with Crippen LogP contribution in [0.5, 0.6) is 0 Å². The first-order chi connectivity index (χ1) is 14.0. The van der Waals surface area contributed by atoms with Gasteiger partial charge < -0.3 is 9.67 Å². The highest BCUT2D eigenvalue weighted by atomic mass is 32.2. The molecule has 29 heavy (non-hydrogen) atoms. The number of benzene rings is 2. The molecule has 2 heterocycles. The summed E-state index contributed by atoms with van der Waals surface area (Å²) in [6, 6.07) is 16.1. The van der Waals surface area contributed by atoms with Crippen molar-refractivity contribution in [3.8, 4) is 0 Å². The molecule has 146 valence electrons. The molecule has 7 heteroatoms. The summed E-state index contributed by atoms with van der Waals surface area (Å²) in [5, 5.41) is 10.8. The molecule has 0 aliphatic carbocycles. The molecule has 0 saturated carbocycles. The molecular weight excluding hydrogens is 404 g/mol. The van der Waals surface area contributed by atoms with Crippen molar-refractivity contribution < 1.29 is 14.7 Å². The summed E-state index contributed by atoms with van der Waals surface area (Å²) in [6.45, 7) is 0. The predicted molar refractivity (Wildman–Crippen MR) is 120 cm³/mol. The van der Waals surface area contributed by atoms with Crippen LogP contribution in [0.2, 0.25) is 0 Å². The molecule has 0 bridgehead atoms. The Morgan fingerprint density at radius 2 is 1.86 bits per heavy atom. The Kier molecular flexibility index (Phi) is 5.25. The number of carboxylic acid groups (broad SMARTS) is 1. The molecule has 1 saturated heterocycles. The van der Waals surface area contributed by atoms with Crippen LogP contribution in [0, 0.1) is 0 Å². The van der Waals surface area contributed by atoms with Crippen LogP contribution >= 0.6 is 24.0 Å². The molecule has 1 atom stereocenters. The summed E-state index contributed by atoms with van der Waals surface area (Å²) in [5.41, 5.74) is 2.80. The van der Waals surface area contributed by atoms with Crippen LogP contribution in [0.4, 0.5) is 0 Å². The van der Waals surface area contributed by atoms with Gasteiger partial charge in [0.2, 0.25) is 0 Å². The number of hydrogen-bond acceptors (Lipinski definition) is 4. The number of carboxylic acids is 1. The molecule has 2 aromatic carbocycles. The van der Waals surface area contributed by atoms with E-state index < -0.39 is 12.0 Å². The SMILES string of the molecule is Cn1cc(C=C2SC(=S)N(C(Cc3ccccc3)C(=O)O)C2=O)c2ccccc21. The van der Waals surface area contributed by atoms with Crippen molar-refractivity contribution in [2.75, 3.05) is 0 Å². The zero-order valence-electron chi connectivity index (χ0n) is 15.6. The van der Waals surface area contributed by atoms with Gasteiger partial charge in [0.15, 0.2) is 0 Å². The van der Waals surface area contributed by atoms with Crippen LogP contribution in [0.3, 0.4) is 0 Å². The van der Waals surface area contributed by atoms with Crippen LogP contribution in [0.25, 0.3) is 17.0 Å². The van der Waals surface area contributed by atoms with E-state index in [1.165, 1.54) is 4.90 Å². The standard InChI is InChI=1S/C22H18N2O3S2/c1-23-13-15(16-9-5-6-10-17(16)23)12-19-20(25)24(22(28)29-19)18(21(26)27)11-14-7-3-2-4-8-14/h2-10,12-13,18H,11H2,1H3,(H,26,27). The van der Waals surface area contributed by atoms with Gasteiger partial charge in [0.05, 0.1) is 4.91 Å². The van der Waals surface area contributed by atoms with Gasteiger partial charge in [-0.1, -0.05) is 72.5 Å². The molecule has 1 fully saturated rings. The Labute approximate surface area is 177 Å². The lowest BCUT2D eigenvalue weighted by Gasteiger charge is -2.23. The van der Waals surface area contributed by atoms with E-state index >= 15 is 0 Å². The largest absolute Gasteiger partial charge is 0.480 e. The van der Waals surface area contributed by atoms with Crippen molar-refractivity contribution in [3.63, 3.8) is 0 Å². The second-order valence-corrected chi connectivity index (χ2v) is 8.48. The van der Waals surface area contributed by atoms with Crippen molar-refractivity contribution in [2.45, 2.75) is 12.5 Å². The maximum absolute atomic E-state index is 13.1. The summed E-state index contributed by atoms with van der Waals surface area (Å²) in [7, 11) is 1.95. The fourth-order valence-electron chi connectivity index (χ4n) is 3.50. The number of para-hydroxylation sites is 1. The summed E-state index contributed by atoms with van der Waals surface area (Å²) >= 11 is 6.53. The van der Waals surface area contributed by atoms with Gasteiger partial charge in [-0.15, -0.1) is 0 Å². The normalized spacial score (nSPS) is 16.7. The van der Waals surface area contributed by atoms with Crippen molar-refractivity contribution in [3.05, 3.63) is 76.8 Å². The number of thioether (sulfide) groups is 1. The minimum Gasteiger partial charge on any atom is -0.480 e. The lowest BCUT2D eigenvalue weighted by atomic mass is 10.0. The zero-order valence-corrected chi connectivity index (χ0v) is 17.2. The van der Waals surface area contributed by atoms with Crippen molar-refractivity contribution in [1.82, 2.24) is 9.47 Å². The van der Waals surface area contributed by atoms with Crippen molar-refractivity contribution >= 4 is 57.2 Å². The third-order valence-corrected chi connectivity index (χ3v) is 6.24. The number of nitrogens with zero attached hydrogens (tertiary/aromatic N) is 2. The van der Waals surface area contributed by atoms with Crippen LogP contribution in [-0.2, 0) is 23.1 Å². The summed E-state index contributed by atoms with van der Waals surface area (Å²) in [6.07, 6.45) is 3.95. The molecular formula is C22H18N2O3S2. The highest BCUT2D eigenvalue weighted by Crippen LogP contribution is 2.36. The van der Waals surface area contributed by atoms with E-state index in [0.717, 1.165) is 33.8 Å². The van der Waals surface area contributed by atoms with E-state index in [1.54, 1.807) is 6.08 Å². The van der Waals surface area contributed by atoms with Gasteiger partial charge in [-0.3, -0.25) is 9.69 Å². The molecule has 1 aliphatic rings. The summed E-state index contributed by atoms with van der Waals surface area (Å²) < 4.78 is 2.27. The molecule has 4 rings (SSSR count). The second kappa shape index (κ2) is 7.85. The highest BCUT2D eigenvalue weighted by molar-refractivity contribution is 8.26. The second-order valence-electron chi connectivity index (χ2n) is 6.81. The molecule has 1 aliphatic heterocycles. The van der Waals surface area contributed by atoms with Gasteiger partial charge in [-0.05, 0) is 17.7 Å². The molecule has 0 radical (unpaired) electrons. The summed E-state index contributed by atoms with van der Waals surface area (Å²) in [5.74, 6) is -1.44. The molecule has 1 aromatic heterocycles. The van der Waals surface area contributed by atoms with Crippen LogP contribution in [0.15, 0.2) is 65.7 Å². The van der Waals surface area contributed by atoms with E-state index in [1.807, 2.05) is 72.4 Å². The molecule has 1 amide bonds. The Morgan fingerprint density at radius 3 is 2.59 bits per heavy atom. The lowest BCUT2D eigenvalue weighted by Crippen LogP contribution is -2.45. The average molecular weight is 423 g/mol. The number of rotatable bonds is 5. The number of aromatic nitrogens is 1. The minimum absolute atomic E-state index is 0.199. The van der Waals surface area contributed by atoms with Gasteiger partial charge in [0.25, 0.3) is 5.91 Å². The van der Waals surface area contributed by atoms with E-state index in [2.05, 4.69) is 0 Å². The Bertz CT molecular complexity index is 1150. The maximum Gasteiger partial charge on any atom is 0.327 e. The third-order valence-electron chi connectivity index (χ3n) is 4.91. The quantitative estimate of drug-likeness (QED) is 0.496. The number of carbonyl (C=O) groups is 2. The van der Waals surface area contributed by atoms with E-state index in [0.29, 0.717) is 4.91 Å². The van der Waals surface area contributed by atoms with Crippen molar-refractivity contribution in [2.24, 2.45) is 7.05 Å². The van der Waals surface area contributed by atoms with Gasteiger partial charge in [0, 0.05) is 36.1 Å². The Balaban J connectivity index is 1.67. The van der Waals surface area contributed by atoms with E-state index in [-0.39, 0.29) is 16.6 Å². The Morgan fingerprint density at radius 1 is 1.17 bits per heavy atom. The van der Waals surface area contributed by atoms with Crippen LogP contribution < -0.4 is 0 Å². The van der Waals surface area contributed by atoms with Gasteiger partial charge in [-0.25, -0.2) is 4.79 Å². The molecule has 0 spiro atoms. The number of thiocarbonyl (C=S) groups is 1. The number of fused-ring (bicyclic) bond motifs is 1. The number of carbonyl (C=O) groups excluding carboxylic acids is 1. The van der Waals surface area contributed by atoms with Gasteiger partial charge in [0.1, 0.15) is 10.4 Å². The van der Waals surface area contributed by atoms with Gasteiger partial charge >= 0.3 is 5.97 Å². The number of hydrogen-bond donors (Lipinski definition) is 1. The number of amides is 1. The number of aliphatic carboxylic acids is 1. The first kappa shape index (κ1) is 19.4. The Hall–Kier alpha value is -2.90. The lowest BCUT2D eigenvalue weighted by molar-refractivity contribution is -0.145. The monoisotopic (exact) mass is 422 g/mol. The highest BCUT2D eigenvalue weighted by Gasteiger charge is 2.40. The fourth-order valence-corrected chi connectivity index (χ4v) is 4.85. The predicted octanol–water partition coefficient (Wildman–Crippen LogP) is 4.08. The minimum atomic E-state index is -1.07. The smallest absolute Gasteiger partial charge is 0.327 e. The molecule has 1 unspecified atom stereocenters. The van der Waals surface area contributed by atoms with Crippen LogP contribution in [-0.4, -0.2) is 36.8 Å². The topological polar surface area (TPSA) is 62.5 Å². The van der Waals surface area contributed by atoms with Gasteiger partial charge in [-0.2, -0.15) is 0 Å². The third kappa shape index (κ3) is 3.71. The number of aryl methyl sites for hydroxylation is 1. The fraction of sp³-hybridized carbons (Fsp3) is 0.136. The van der Waals surface area contributed by atoms with Crippen LogP contribution in [0.1, 0.15) is 11.1 Å². The molecule has 5 nitrogen and oxygen atoms in total. The zero-order chi connectivity index (χ0) is 20.5.